The highest BCUT2D eigenvalue weighted by atomic mass is 16.5. The van der Waals surface area contributed by atoms with Gasteiger partial charge in [-0.3, -0.25) is 0 Å². The Hall–Kier alpha value is -1.22. The van der Waals surface area contributed by atoms with Gasteiger partial charge in [0, 0.05) is 18.1 Å². The van der Waals surface area contributed by atoms with Crippen molar-refractivity contribution in [3.8, 4) is 5.75 Å². The molecule has 2 unspecified atom stereocenters. The zero-order valence-corrected chi connectivity index (χ0v) is 12.5. The van der Waals surface area contributed by atoms with Gasteiger partial charge in [0.05, 0.1) is 18.9 Å². The summed E-state index contributed by atoms with van der Waals surface area (Å²) in [6.07, 6.45) is 6.84. The molecule has 2 atom stereocenters. The lowest BCUT2D eigenvalue weighted by Gasteiger charge is -2.54. The van der Waals surface area contributed by atoms with Crippen LogP contribution in [0.5, 0.6) is 5.75 Å². The molecule has 20 heavy (non-hydrogen) atoms. The largest absolute Gasteiger partial charge is 0.495 e. The van der Waals surface area contributed by atoms with Crippen LogP contribution in [0.4, 0.5) is 5.69 Å². The third kappa shape index (κ3) is 2.18. The van der Waals surface area contributed by atoms with Gasteiger partial charge in [-0.25, -0.2) is 0 Å². The molecule has 0 radical (unpaired) electrons. The highest BCUT2D eigenvalue weighted by molar-refractivity contribution is 5.57. The minimum absolute atomic E-state index is 0.358. The van der Waals surface area contributed by atoms with Crippen molar-refractivity contribution in [1.29, 1.82) is 0 Å². The van der Waals surface area contributed by atoms with Gasteiger partial charge in [-0.1, -0.05) is 25.0 Å². The lowest BCUT2D eigenvalue weighted by molar-refractivity contribution is -0.114. The fourth-order valence-electron chi connectivity index (χ4n) is 4.04. The SMILES string of the molecule is CCOC1CC(Nc2ccccc2OC)C12CCCC2. The second-order valence-corrected chi connectivity index (χ2v) is 6.02. The molecule has 3 nitrogen and oxygen atoms in total. The van der Waals surface area contributed by atoms with Crippen LogP contribution in [0.3, 0.4) is 0 Å². The Kier molecular flexibility index (Phi) is 3.88. The quantitative estimate of drug-likeness (QED) is 0.885. The number of methoxy groups -OCH3 is 1. The summed E-state index contributed by atoms with van der Waals surface area (Å²) < 4.78 is 11.4. The number of nitrogens with one attached hydrogen (secondary N) is 1. The van der Waals surface area contributed by atoms with Crippen LogP contribution in [0.2, 0.25) is 0 Å². The first-order valence-electron chi connectivity index (χ1n) is 7.81. The lowest BCUT2D eigenvalue weighted by atomic mass is 9.60. The molecule has 0 saturated heterocycles. The zero-order valence-electron chi connectivity index (χ0n) is 12.5. The highest BCUT2D eigenvalue weighted by Crippen LogP contribution is 2.55. The number of ether oxygens (including phenoxy) is 2. The normalized spacial score (nSPS) is 27.3. The van der Waals surface area contributed by atoms with Crippen LogP contribution < -0.4 is 10.1 Å². The topological polar surface area (TPSA) is 30.5 Å². The third-order valence-corrected chi connectivity index (χ3v) is 5.12. The summed E-state index contributed by atoms with van der Waals surface area (Å²) in [7, 11) is 1.73. The minimum atomic E-state index is 0.358. The van der Waals surface area contributed by atoms with Crippen molar-refractivity contribution in [1.82, 2.24) is 0 Å². The first kappa shape index (κ1) is 13.7. The molecule has 3 heteroatoms. The van der Waals surface area contributed by atoms with E-state index in [1.807, 2.05) is 12.1 Å². The monoisotopic (exact) mass is 275 g/mol. The number of rotatable bonds is 5. The summed E-state index contributed by atoms with van der Waals surface area (Å²) in [5, 5.41) is 3.71. The molecule has 0 bridgehead atoms. The van der Waals surface area contributed by atoms with E-state index in [0.29, 0.717) is 17.6 Å². The number of benzene rings is 1. The Bertz CT molecular complexity index is 454. The van der Waals surface area contributed by atoms with Crippen molar-refractivity contribution in [2.24, 2.45) is 5.41 Å². The van der Waals surface area contributed by atoms with Crippen LogP contribution in [0, 0.1) is 5.41 Å². The van der Waals surface area contributed by atoms with Gasteiger partial charge in [0.1, 0.15) is 5.75 Å². The molecule has 1 spiro atoms. The van der Waals surface area contributed by atoms with E-state index < -0.39 is 0 Å². The first-order chi connectivity index (χ1) is 9.80. The molecular formula is C17H25NO2. The van der Waals surface area contributed by atoms with Gasteiger partial charge < -0.3 is 14.8 Å². The van der Waals surface area contributed by atoms with Crippen LogP contribution in [0.1, 0.15) is 39.0 Å². The number of anilines is 1. The second kappa shape index (κ2) is 5.65. The van der Waals surface area contributed by atoms with E-state index in [-0.39, 0.29) is 0 Å². The minimum Gasteiger partial charge on any atom is -0.495 e. The smallest absolute Gasteiger partial charge is 0.141 e. The molecule has 3 rings (SSSR count). The first-order valence-corrected chi connectivity index (χ1v) is 7.81. The Balaban J connectivity index is 1.74. The van der Waals surface area contributed by atoms with Crippen LogP contribution in [0.25, 0.3) is 0 Å². The third-order valence-electron chi connectivity index (χ3n) is 5.12. The molecule has 0 aromatic heterocycles. The predicted octanol–water partition coefficient (Wildman–Crippen LogP) is 3.84. The van der Waals surface area contributed by atoms with E-state index >= 15 is 0 Å². The van der Waals surface area contributed by atoms with Gasteiger partial charge in [0.15, 0.2) is 0 Å². The summed E-state index contributed by atoms with van der Waals surface area (Å²) in [4.78, 5) is 0. The lowest BCUT2D eigenvalue weighted by Crippen LogP contribution is -2.60. The molecule has 2 aliphatic carbocycles. The number of para-hydroxylation sites is 2. The van der Waals surface area contributed by atoms with Gasteiger partial charge in [-0.15, -0.1) is 0 Å². The van der Waals surface area contributed by atoms with Crippen molar-refractivity contribution in [3.63, 3.8) is 0 Å². The fraction of sp³-hybridized carbons (Fsp3) is 0.647. The van der Waals surface area contributed by atoms with Crippen molar-refractivity contribution < 1.29 is 9.47 Å². The Morgan fingerprint density at radius 3 is 2.70 bits per heavy atom. The maximum atomic E-state index is 5.97. The molecule has 2 aliphatic rings. The van der Waals surface area contributed by atoms with Crippen LogP contribution in [-0.2, 0) is 4.74 Å². The molecule has 2 saturated carbocycles. The second-order valence-electron chi connectivity index (χ2n) is 6.02. The van der Waals surface area contributed by atoms with Gasteiger partial charge in [-0.05, 0) is 38.3 Å². The van der Waals surface area contributed by atoms with Crippen LogP contribution >= 0.6 is 0 Å². The Labute approximate surface area is 121 Å². The van der Waals surface area contributed by atoms with Gasteiger partial charge in [-0.2, -0.15) is 0 Å². The predicted molar refractivity (Wildman–Crippen MR) is 81.3 cm³/mol. The molecule has 1 N–H and O–H groups in total. The molecular weight excluding hydrogens is 250 g/mol. The molecule has 1 aromatic carbocycles. The Morgan fingerprint density at radius 2 is 2.00 bits per heavy atom. The molecule has 0 aliphatic heterocycles. The van der Waals surface area contributed by atoms with Crippen molar-refractivity contribution in [2.45, 2.75) is 51.2 Å². The van der Waals surface area contributed by atoms with Crippen LogP contribution in [-0.4, -0.2) is 25.9 Å². The summed E-state index contributed by atoms with van der Waals surface area (Å²) in [5.41, 5.74) is 1.47. The van der Waals surface area contributed by atoms with Crippen molar-refractivity contribution in [2.75, 3.05) is 19.0 Å². The van der Waals surface area contributed by atoms with Gasteiger partial charge >= 0.3 is 0 Å². The van der Waals surface area contributed by atoms with Crippen LogP contribution in [0.15, 0.2) is 24.3 Å². The maximum Gasteiger partial charge on any atom is 0.141 e. The van der Waals surface area contributed by atoms with Gasteiger partial charge in [0.2, 0.25) is 0 Å². The van der Waals surface area contributed by atoms with Crippen molar-refractivity contribution >= 4 is 5.69 Å². The molecule has 110 valence electrons. The van der Waals surface area contributed by atoms with Crippen molar-refractivity contribution in [3.05, 3.63) is 24.3 Å². The molecule has 1 aromatic rings. The van der Waals surface area contributed by atoms with E-state index in [1.165, 1.54) is 25.7 Å². The van der Waals surface area contributed by atoms with E-state index in [9.17, 15) is 0 Å². The van der Waals surface area contributed by atoms with E-state index in [1.54, 1.807) is 7.11 Å². The highest BCUT2D eigenvalue weighted by Gasteiger charge is 2.56. The molecule has 0 amide bonds. The standard InChI is InChI=1S/C17H25NO2/c1-3-20-16-12-15(17(16)10-6-7-11-17)18-13-8-4-5-9-14(13)19-2/h4-5,8-9,15-16,18H,3,6-7,10-12H2,1-2H3. The van der Waals surface area contributed by atoms with E-state index in [2.05, 4.69) is 24.4 Å². The average molecular weight is 275 g/mol. The summed E-state index contributed by atoms with van der Waals surface area (Å²) >= 11 is 0. The fourth-order valence-corrected chi connectivity index (χ4v) is 4.04. The zero-order chi connectivity index (χ0) is 14.0. The summed E-state index contributed by atoms with van der Waals surface area (Å²) in [5.74, 6) is 0.931. The van der Waals surface area contributed by atoms with Gasteiger partial charge in [0.25, 0.3) is 0 Å². The number of hydrogen-bond acceptors (Lipinski definition) is 3. The summed E-state index contributed by atoms with van der Waals surface area (Å²) in [6, 6.07) is 8.72. The molecule has 2 fully saturated rings. The van der Waals surface area contributed by atoms with E-state index in [0.717, 1.165) is 24.5 Å². The Morgan fingerprint density at radius 1 is 1.25 bits per heavy atom. The summed E-state index contributed by atoms with van der Waals surface area (Å²) in [6.45, 7) is 2.93. The number of hydrogen-bond donors (Lipinski definition) is 1. The average Bonchev–Trinajstić information content (AvgIpc) is 2.99. The van der Waals surface area contributed by atoms with E-state index in [4.69, 9.17) is 9.47 Å². The maximum absolute atomic E-state index is 5.97. The molecule has 0 heterocycles.